The number of aryl methyl sites for hydroxylation is 1. The number of hydrogen-bond donors (Lipinski definition) is 1. The Balaban J connectivity index is 1.38. The average molecular weight is 474 g/mol. The maximum Gasteiger partial charge on any atom is 0.127 e. The third-order valence-corrected chi connectivity index (χ3v) is 5.35. The van der Waals surface area contributed by atoms with E-state index in [9.17, 15) is 0 Å². The van der Waals surface area contributed by atoms with Crippen molar-refractivity contribution >= 4 is 21.6 Å². The average Bonchev–Trinajstić information content (AvgIpc) is 2.80. The molecule has 4 aromatic rings. The first-order chi connectivity index (χ1) is 15.2. The first kappa shape index (κ1) is 21.0. The van der Waals surface area contributed by atoms with Crippen molar-refractivity contribution in [2.75, 3.05) is 5.32 Å². The first-order valence-corrected chi connectivity index (χ1v) is 11.0. The molecule has 4 aromatic carbocycles. The first-order valence-electron chi connectivity index (χ1n) is 10.2. The largest absolute Gasteiger partial charge is 0.489 e. The predicted molar refractivity (Wildman–Crippen MR) is 130 cm³/mol. The van der Waals surface area contributed by atoms with E-state index in [1.807, 2.05) is 66.7 Å². The third kappa shape index (κ3) is 6.12. The monoisotopic (exact) mass is 473 g/mol. The summed E-state index contributed by atoms with van der Waals surface area (Å²) in [6.07, 6.45) is 0. The quantitative estimate of drug-likeness (QED) is 0.283. The second-order valence-corrected chi connectivity index (χ2v) is 8.24. The van der Waals surface area contributed by atoms with E-state index in [0.717, 1.165) is 38.5 Å². The molecule has 0 aliphatic heterocycles. The lowest BCUT2D eigenvalue weighted by molar-refractivity contribution is 0.303. The summed E-state index contributed by atoms with van der Waals surface area (Å²) in [5.41, 5.74) is 4.51. The van der Waals surface area contributed by atoms with Crippen LogP contribution in [0, 0.1) is 6.92 Å². The molecule has 4 rings (SSSR count). The van der Waals surface area contributed by atoms with E-state index >= 15 is 0 Å². The normalized spacial score (nSPS) is 10.5. The Hall–Kier alpha value is -3.24. The molecular weight excluding hydrogens is 450 g/mol. The molecule has 0 spiro atoms. The summed E-state index contributed by atoms with van der Waals surface area (Å²) in [4.78, 5) is 0. The molecular formula is C27H24BrNO2. The topological polar surface area (TPSA) is 30.5 Å². The van der Waals surface area contributed by atoms with Gasteiger partial charge in [0, 0.05) is 22.3 Å². The van der Waals surface area contributed by atoms with Crippen LogP contribution in [-0.2, 0) is 13.2 Å². The van der Waals surface area contributed by atoms with Gasteiger partial charge in [0.1, 0.15) is 23.9 Å². The van der Waals surface area contributed by atoms with Gasteiger partial charge in [0.05, 0.1) is 0 Å². The van der Waals surface area contributed by atoms with E-state index in [4.69, 9.17) is 9.47 Å². The van der Waals surface area contributed by atoms with Crippen LogP contribution in [0.4, 0.5) is 5.69 Å². The number of nitrogens with one attached hydrogen (secondary N) is 1. The van der Waals surface area contributed by atoms with Gasteiger partial charge in [-0.25, -0.2) is 0 Å². The molecule has 0 fully saturated rings. The highest BCUT2D eigenvalue weighted by molar-refractivity contribution is 9.10. The summed E-state index contributed by atoms with van der Waals surface area (Å²) in [6, 6.07) is 32.2. The lowest BCUT2D eigenvalue weighted by Crippen LogP contribution is -2.04. The second-order valence-electron chi connectivity index (χ2n) is 7.32. The van der Waals surface area contributed by atoms with Crippen LogP contribution in [0.3, 0.4) is 0 Å². The molecule has 0 atom stereocenters. The van der Waals surface area contributed by atoms with Crippen LogP contribution in [0.2, 0.25) is 0 Å². The zero-order chi connectivity index (χ0) is 21.5. The molecule has 31 heavy (non-hydrogen) atoms. The SMILES string of the molecule is Cc1ccc(COc2ccc(Br)cc2CNc2ccc(Oc3ccccc3)cc2)cc1. The van der Waals surface area contributed by atoms with Crippen LogP contribution in [-0.4, -0.2) is 0 Å². The van der Waals surface area contributed by atoms with Crippen LogP contribution < -0.4 is 14.8 Å². The zero-order valence-corrected chi connectivity index (χ0v) is 18.9. The smallest absolute Gasteiger partial charge is 0.127 e. The lowest BCUT2D eigenvalue weighted by atomic mass is 10.1. The van der Waals surface area contributed by atoms with Crippen LogP contribution in [0.1, 0.15) is 16.7 Å². The zero-order valence-electron chi connectivity index (χ0n) is 17.3. The molecule has 0 aliphatic rings. The van der Waals surface area contributed by atoms with E-state index in [0.29, 0.717) is 13.2 Å². The summed E-state index contributed by atoms with van der Waals surface area (Å²) >= 11 is 3.57. The van der Waals surface area contributed by atoms with Gasteiger partial charge in [-0.1, -0.05) is 64.0 Å². The van der Waals surface area contributed by atoms with Crippen molar-refractivity contribution < 1.29 is 9.47 Å². The minimum Gasteiger partial charge on any atom is -0.489 e. The highest BCUT2D eigenvalue weighted by atomic mass is 79.9. The minimum absolute atomic E-state index is 0.542. The maximum atomic E-state index is 6.11. The Morgan fingerprint density at radius 2 is 1.48 bits per heavy atom. The van der Waals surface area contributed by atoms with Crippen molar-refractivity contribution in [2.24, 2.45) is 0 Å². The number of rotatable bonds is 8. The van der Waals surface area contributed by atoms with Gasteiger partial charge in [-0.05, 0) is 67.1 Å². The van der Waals surface area contributed by atoms with E-state index in [2.05, 4.69) is 58.5 Å². The molecule has 0 saturated heterocycles. The van der Waals surface area contributed by atoms with Crippen molar-refractivity contribution in [2.45, 2.75) is 20.1 Å². The van der Waals surface area contributed by atoms with Crippen molar-refractivity contribution in [3.8, 4) is 17.2 Å². The summed E-state index contributed by atoms with van der Waals surface area (Å²) in [6.45, 7) is 3.28. The Morgan fingerprint density at radius 3 is 2.23 bits per heavy atom. The van der Waals surface area contributed by atoms with Crippen LogP contribution in [0.15, 0.2) is 102 Å². The number of halogens is 1. The fraction of sp³-hybridized carbons (Fsp3) is 0.111. The fourth-order valence-corrected chi connectivity index (χ4v) is 3.54. The molecule has 0 aliphatic carbocycles. The second kappa shape index (κ2) is 10.2. The molecule has 156 valence electrons. The Bertz CT molecular complexity index is 1110. The van der Waals surface area contributed by atoms with Gasteiger partial charge in [-0.3, -0.25) is 0 Å². The highest BCUT2D eigenvalue weighted by Gasteiger charge is 2.06. The van der Waals surface area contributed by atoms with Gasteiger partial charge in [-0.2, -0.15) is 0 Å². The minimum atomic E-state index is 0.542. The van der Waals surface area contributed by atoms with Gasteiger partial charge in [-0.15, -0.1) is 0 Å². The van der Waals surface area contributed by atoms with Gasteiger partial charge < -0.3 is 14.8 Å². The molecule has 1 N–H and O–H groups in total. The summed E-state index contributed by atoms with van der Waals surface area (Å²) in [5.74, 6) is 2.51. The highest BCUT2D eigenvalue weighted by Crippen LogP contribution is 2.27. The Kier molecular flexibility index (Phi) is 6.90. The van der Waals surface area contributed by atoms with E-state index < -0.39 is 0 Å². The van der Waals surface area contributed by atoms with Crippen LogP contribution in [0.25, 0.3) is 0 Å². The Morgan fingerprint density at radius 1 is 0.774 bits per heavy atom. The molecule has 0 amide bonds. The van der Waals surface area contributed by atoms with Crippen molar-refractivity contribution in [1.29, 1.82) is 0 Å². The molecule has 0 unspecified atom stereocenters. The molecule has 3 nitrogen and oxygen atoms in total. The number of para-hydroxylation sites is 1. The van der Waals surface area contributed by atoms with Gasteiger partial charge in [0.15, 0.2) is 0 Å². The Labute approximate surface area is 191 Å². The summed E-state index contributed by atoms with van der Waals surface area (Å²) in [7, 11) is 0. The molecule has 0 bridgehead atoms. The maximum absolute atomic E-state index is 6.11. The predicted octanol–water partition coefficient (Wildman–Crippen LogP) is 7.74. The molecule has 0 radical (unpaired) electrons. The van der Waals surface area contributed by atoms with Crippen molar-refractivity contribution in [3.05, 3.63) is 118 Å². The van der Waals surface area contributed by atoms with Gasteiger partial charge in [0.2, 0.25) is 0 Å². The molecule has 0 heterocycles. The summed E-state index contributed by atoms with van der Waals surface area (Å²) in [5, 5.41) is 3.47. The molecule has 0 aromatic heterocycles. The van der Waals surface area contributed by atoms with Gasteiger partial charge >= 0.3 is 0 Å². The lowest BCUT2D eigenvalue weighted by Gasteiger charge is -2.14. The van der Waals surface area contributed by atoms with Crippen LogP contribution >= 0.6 is 15.9 Å². The van der Waals surface area contributed by atoms with Gasteiger partial charge in [0.25, 0.3) is 0 Å². The van der Waals surface area contributed by atoms with Crippen LogP contribution in [0.5, 0.6) is 17.2 Å². The molecule has 4 heteroatoms. The van der Waals surface area contributed by atoms with Crippen molar-refractivity contribution in [1.82, 2.24) is 0 Å². The molecule has 0 saturated carbocycles. The standard InChI is InChI=1S/C27H24BrNO2/c1-20-7-9-21(10-8-20)19-30-27-16-11-23(28)17-22(27)18-29-24-12-14-26(15-13-24)31-25-5-3-2-4-6-25/h2-17,29H,18-19H2,1H3. The number of hydrogen-bond acceptors (Lipinski definition) is 3. The summed E-state index contributed by atoms with van der Waals surface area (Å²) < 4.78 is 13.0. The van der Waals surface area contributed by atoms with E-state index in [1.54, 1.807) is 0 Å². The number of ether oxygens (including phenoxy) is 2. The van der Waals surface area contributed by atoms with E-state index in [1.165, 1.54) is 5.56 Å². The third-order valence-electron chi connectivity index (χ3n) is 4.85. The van der Waals surface area contributed by atoms with E-state index in [-0.39, 0.29) is 0 Å². The van der Waals surface area contributed by atoms with Crippen molar-refractivity contribution in [3.63, 3.8) is 0 Å². The number of benzene rings is 4. The fourth-order valence-electron chi connectivity index (χ4n) is 3.14. The number of anilines is 1.